The Balaban J connectivity index is 2.34. The molecule has 0 saturated carbocycles. The Morgan fingerprint density at radius 1 is 1.40 bits per heavy atom. The smallest absolute Gasteiger partial charge is 0.183 e. The third-order valence-corrected chi connectivity index (χ3v) is 3.85. The van der Waals surface area contributed by atoms with Crippen molar-refractivity contribution in [1.29, 1.82) is 0 Å². The summed E-state index contributed by atoms with van der Waals surface area (Å²) in [4.78, 5) is 5.83. The molecule has 0 unspecified atom stereocenters. The van der Waals surface area contributed by atoms with E-state index in [-0.39, 0.29) is 0 Å². The largest absolute Gasteiger partial charge is 0.362 e. The van der Waals surface area contributed by atoms with Crippen molar-refractivity contribution >= 4 is 38.4 Å². The molecule has 15 heavy (non-hydrogen) atoms. The Labute approximate surface area is 98.1 Å². The van der Waals surface area contributed by atoms with E-state index in [9.17, 15) is 0 Å². The quantitative estimate of drug-likeness (QED) is 0.819. The molecule has 0 saturated heterocycles. The maximum Gasteiger partial charge on any atom is 0.183 e. The fourth-order valence-electron chi connectivity index (χ4n) is 1.39. The van der Waals surface area contributed by atoms with E-state index < -0.39 is 0 Å². The monoisotopic (exact) mass is 238 g/mol. The summed E-state index contributed by atoms with van der Waals surface area (Å²) < 4.78 is 1.27. The first-order chi connectivity index (χ1) is 7.33. The van der Waals surface area contributed by atoms with Gasteiger partial charge in [-0.3, -0.25) is 0 Å². The van der Waals surface area contributed by atoms with Crippen LogP contribution in [-0.2, 0) is 0 Å². The molecule has 1 aromatic heterocycles. The molecular formula is C11H14N2S2. The molecule has 1 heterocycles. The average Bonchev–Trinajstić information content (AvgIpc) is 2.60. The van der Waals surface area contributed by atoms with Gasteiger partial charge < -0.3 is 5.32 Å². The van der Waals surface area contributed by atoms with E-state index in [4.69, 9.17) is 0 Å². The third kappa shape index (κ3) is 2.44. The molecule has 0 radical (unpaired) electrons. The number of thiazole rings is 1. The van der Waals surface area contributed by atoms with E-state index in [0.29, 0.717) is 0 Å². The van der Waals surface area contributed by atoms with Crippen molar-refractivity contribution in [3.63, 3.8) is 0 Å². The van der Waals surface area contributed by atoms with Gasteiger partial charge in [-0.2, -0.15) is 0 Å². The summed E-state index contributed by atoms with van der Waals surface area (Å²) in [6.45, 7) is 5.19. The lowest BCUT2D eigenvalue weighted by atomic mass is 10.3. The number of aromatic nitrogens is 1. The standard InChI is InChI=1S/C11H14N2S2/c1-3-12-11-13-9-6-5-8(14-4-2)7-10(9)15-11/h5-7H,3-4H2,1-2H3,(H,12,13). The van der Waals surface area contributed by atoms with Crippen molar-refractivity contribution in [3.05, 3.63) is 18.2 Å². The summed E-state index contributed by atoms with van der Waals surface area (Å²) in [5.74, 6) is 1.12. The molecule has 0 atom stereocenters. The lowest BCUT2D eigenvalue weighted by Crippen LogP contribution is -1.94. The molecule has 4 heteroatoms. The average molecular weight is 238 g/mol. The molecule has 2 aromatic rings. The van der Waals surface area contributed by atoms with Crippen molar-refractivity contribution in [1.82, 2.24) is 4.98 Å². The number of thioether (sulfide) groups is 1. The lowest BCUT2D eigenvalue weighted by molar-refractivity contribution is 1.20. The van der Waals surface area contributed by atoms with Crippen LogP contribution in [0, 0.1) is 0 Å². The van der Waals surface area contributed by atoms with Gasteiger partial charge >= 0.3 is 0 Å². The summed E-state index contributed by atoms with van der Waals surface area (Å²) in [7, 11) is 0. The number of nitrogens with one attached hydrogen (secondary N) is 1. The number of anilines is 1. The molecule has 0 fully saturated rings. The van der Waals surface area contributed by atoms with Crippen LogP contribution in [0.1, 0.15) is 13.8 Å². The summed E-state index contributed by atoms with van der Waals surface area (Å²) in [5, 5.41) is 4.27. The van der Waals surface area contributed by atoms with Crippen LogP contribution in [-0.4, -0.2) is 17.3 Å². The highest BCUT2D eigenvalue weighted by Crippen LogP contribution is 2.29. The highest BCUT2D eigenvalue weighted by molar-refractivity contribution is 7.99. The van der Waals surface area contributed by atoms with Gasteiger partial charge in [-0.25, -0.2) is 4.98 Å². The SMILES string of the molecule is CCNc1nc2ccc(SCC)cc2s1. The first-order valence-electron chi connectivity index (χ1n) is 5.10. The lowest BCUT2D eigenvalue weighted by Gasteiger charge is -1.96. The van der Waals surface area contributed by atoms with Crippen LogP contribution in [0.4, 0.5) is 5.13 Å². The van der Waals surface area contributed by atoms with Gasteiger partial charge in [0.2, 0.25) is 0 Å². The van der Waals surface area contributed by atoms with Gasteiger partial charge in [0.25, 0.3) is 0 Å². The van der Waals surface area contributed by atoms with Gasteiger partial charge in [-0.05, 0) is 30.9 Å². The summed E-state index contributed by atoms with van der Waals surface area (Å²) in [5.41, 5.74) is 1.09. The molecule has 1 N–H and O–H groups in total. The molecule has 0 spiro atoms. The molecular weight excluding hydrogens is 224 g/mol. The van der Waals surface area contributed by atoms with E-state index in [0.717, 1.165) is 22.9 Å². The van der Waals surface area contributed by atoms with Crippen molar-refractivity contribution in [2.24, 2.45) is 0 Å². The number of rotatable bonds is 4. The van der Waals surface area contributed by atoms with Crippen LogP contribution < -0.4 is 5.32 Å². The first-order valence-corrected chi connectivity index (χ1v) is 6.91. The zero-order chi connectivity index (χ0) is 10.7. The maximum absolute atomic E-state index is 4.50. The van der Waals surface area contributed by atoms with Crippen molar-refractivity contribution in [2.45, 2.75) is 18.7 Å². The van der Waals surface area contributed by atoms with Crippen LogP contribution in [0.5, 0.6) is 0 Å². The van der Waals surface area contributed by atoms with Gasteiger partial charge in [0, 0.05) is 11.4 Å². The van der Waals surface area contributed by atoms with E-state index >= 15 is 0 Å². The number of hydrogen-bond donors (Lipinski definition) is 1. The van der Waals surface area contributed by atoms with Gasteiger partial charge in [0.1, 0.15) is 0 Å². The molecule has 0 aliphatic heterocycles. The van der Waals surface area contributed by atoms with Gasteiger partial charge in [0.05, 0.1) is 10.2 Å². The third-order valence-electron chi connectivity index (χ3n) is 2.00. The molecule has 80 valence electrons. The van der Waals surface area contributed by atoms with E-state index in [2.05, 4.69) is 42.3 Å². The fraction of sp³-hybridized carbons (Fsp3) is 0.364. The van der Waals surface area contributed by atoms with Crippen LogP contribution in [0.15, 0.2) is 23.1 Å². The second kappa shape index (κ2) is 4.86. The summed E-state index contributed by atoms with van der Waals surface area (Å²) >= 11 is 3.60. The minimum atomic E-state index is 0.927. The number of fused-ring (bicyclic) bond motifs is 1. The Hall–Kier alpha value is -0.740. The molecule has 2 nitrogen and oxygen atoms in total. The normalized spacial score (nSPS) is 10.8. The zero-order valence-electron chi connectivity index (χ0n) is 8.91. The predicted octanol–water partition coefficient (Wildman–Crippen LogP) is 3.84. The predicted molar refractivity (Wildman–Crippen MR) is 70.2 cm³/mol. The van der Waals surface area contributed by atoms with Crippen molar-refractivity contribution in [3.8, 4) is 0 Å². The highest BCUT2D eigenvalue weighted by Gasteiger charge is 2.03. The second-order valence-corrected chi connectivity index (χ2v) is 5.48. The molecule has 0 amide bonds. The fourth-order valence-corrected chi connectivity index (χ4v) is 3.13. The van der Waals surface area contributed by atoms with Crippen molar-refractivity contribution in [2.75, 3.05) is 17.6 Å². The molecule has 1 aromatic carbocycles. The molecule has 2 rings (SSSR count). The van der Waals surface area contributed by atoms with Crippen LogP contribution in [0.3, 0.4) is 0 Å². The van der Waals surface area contributed by atoms with Crippen molar-refractivity contribution < 1.29 is 0 Å². The Kier molecular flexibility index (Phi) is 3.49. The Morgan fingerprint density at radius 2 is 2.27 bits per heavy atom. The van der Waals surface area contributed by atoms with Crippen LogP contribution in [0.25, 0.3) is 10.2 Å². The number of benzene rings is 1. The molecule has 0 bridgehead atoms. The molecule has 0 aliphatic carbocycles. The number of hydrogen-bond acceptors (Lipinski definition) is 4. The Morgan fingerprint density at radius 3 is 3.00 bits per heavy atom. The second-order valence-electron chi connectivity index (χ2n) is 3.11. The minimum Gasteiger partial charge on any atom is -0.362 e. The van der Waals surface area contributed by atoms with E-state index in [1.807, 2.05) is 11.8 Å². The first kappa shape index (κ1) is 10.8. The summed E-state index contributed by atoms with van der Waals surface area (Å²) in [6.07, 6.45) is 0. The van der Waals surface area contributed by atoms with Crippen LogP contribution in [0.2, 0.25) is 0 Å². The maximum atomic E-state index is 4.50. The van der Waals surface area contributed by atoms with Gasteiger partial charge in [0.15, 0.2) is 5.13 Å². The van der Waals surface area contributed by atoms with E-state index in [1.54, 1.807) is 11.3 Å². The highest BCUT2D eigenvalue weighted by atomic mass is 32.2. The van der Waals surface area contributed by atoms with Crippen LogP contribution >= 0.6 is 23.1 Å². The van der Waals surface area contributed by atoms with Gasteiger partial charge in [-0.15, -0.1) is 11.8 Å². The zero-order valence-corrected chi connectivity index (χ0v) is 10.5. The van der Waals surface area contributed by atoms with E-state index in [1.165, 1.54) is 9.60 Å². The number of nitrogens with zero attached hydrogens (tertiary/aromatic N) is 1. The van der Waals surface area contributed by atoms with Gasteiger partial charge in [-0.1, -0.05) is 18.3 Å². The Bertz CT molecular complexity index is 447. The molecule has 0 aliphatic rings. The topological polar surface area (TPSA) is 24.9 Å². The minimum absolute atomic E-state index is 0.927. The summed E-state index contributed by atoms with van der Waals surface area (Å²) in [6, 6.07) is 6.47.